The van der Waals surface area contributed by atoms with Gasteiger partial charge in [-0.2, -0.15) is 0 Å². The summed E-state index contributed by atoms with van der Waals surface area (Å²) in [6, 6.07) is 7.47. The van der Waals surface area contributed by atoms with Crippen LogP contribution in [0.2, 0.25) is 5.02 Å². The number of pyridine rings is 1. The number of rotatable bonds is 1. The van der Waals surface area contributed by atoms with Gasteiger partial charge < -0.3 is 4.85 Å². The van der Waals surface area contributed by atoms with Crippen molar-refractivity contribution >= 4 is 22.5 Å². The number of hydrogen-bond acceptors (Lipinski definition) is 1. The summed E-state index contributed by atoms with van der Waals surface area (Å²) < 4.78 is 0. The van der Waals surface area contributed by atoms with Gasteiger partial charge in [-0.15, -0.1) is 0 Å². The molecule has 2 aromatic rings. The second-order valence-corrected chi connectivity index (χ2v) is 3.37. The van der Waals surface area contributed by atoms with E-state index in [0.29, 0.717) is 11.6 Å². The Bertz CT molecular complexity index is 514. The zero-order valence-electron chi connectivity index (χ0n) is 7.37. The highest BCUT2D eigenvalue weighted by atomic mass is 35.5. The predicted molar refractivity (Wildman–Crippen MR) is 57.1 cm³/mol. The van der Waals surface area contributed by atoms with Crippen molar-refractivity contribution in [2.75, 3.05) is 0 Å². The average molecular weight is 203 g/mol. The van der Waals surface area contributed by atoms with Crippen molar-refractivity contribution < 1.29 is 0 Å². The molecule has 2 rings (SSSR count). The van der Waals surface area contributed by atoms with Crippen molar-refractivity contribution in [2.45, 2.75) is 6.54 Å². The Morgan fingerprint density at radius 2 is 2.21 bits per heavy atom. The van der Waals surface area contributed by atoms with E-state index in [1.54, 1.807) is 12.3 Å². The minimum atomic E-state index is 0.390. The van der Waals surface area contributed by atoms with Gasteiger partial charge in [0.15, 0.2) is 0 Å². The second kappa shape index (κ2) is 3.65. The molecule has 1 heterocycles. The summed E-state index contributed by atoms with van der Waals surface area (Å²) in [6.45, 7) is 7.17. The molecule has 0 radical (unpaired) electrons. The Kier molecular flexibility index (Phi) is 2.34. The molecule has 68 valence electrons. The Morgan fingerprint density at radius 1 is 1.36 bits per heavy atom. The van der Waals surface area contributed by atoms with Crippen molar-refractivity contribution in [1.82, 2.24) is 4.98 Å². The van der Waals surface area contributed by atoms with Crippen LogP contribution < -0.4 is 0 Å². The lowest BCUT2D eigenvalue weighted by Crippen LogP contribution is -1.83. The van der Waals surface area contributed by atoms with Gasteiger partial charge in [-0.25, -0.2) is 6.57 Å². The molecule has 0 saturated heterocycles. The molecule has 0 spiro atoms. The Labute approximate surface area is 87.0 Å². The van der Waals surface area contributed by atoms with Crippen LogP contribution in [0, 0.1) is 6.57 Å². The molecular formula is C11H7ClN2. The van der Waals surface area contributed by atoms with Crippen LogP contribution in [0.5, 0.6) is 0 Å². The van der Waals surface area contributed by atoms with Gasteiger partial charge in [0.05, 0.1) is 10.5 Å². The summed E-state index contributed by atoms with van der Waals surface area (Å²) in [7, 11) is 0. The molecule has 1 aromatic heterocycles. The third-order valence-electron chi connectivity index (χ3n) is 2.01. The quantitative estimate of drug-likeness (QED) is 0.649. The first-order valence-electron chi connectivity index (χ1n) is 4.17. The molecule has 2 nitrogen and oxygen atoms in total. The fraction of sp³-hybridized carbons (Fsp3) is 0.0909. The number of halogens is 1. The van der Waals surface area contributed by atoms with Crippen LogP contribution in [-0.4, -0.2) is 4.98 Å². The summed E-state index contributed by atoms with van der Waals surface area (Å²) in [4.78, 5) is 7.51. The molecule has 0 N–H and O–H groups in total. The highest BCUT2D eigenvalue weighted by molar-refractivity contribution is 6.35. The largest absolute Gasteiger partial charge is 0.312 e. The van der Waals surface area contributed by atoms with E-state index >= 15 is 0 Å². The maximum atomic E-state index is 6.78. The maximum Gasteiger partial charge on any atom is 0.239 e. The zero-order chi connectivity index (χ0) is 9.97. The van der Waals surface area contributed by atoms with Crippen LogP contribution in [0.15, 0.2) is 30.5 Å². The average Bonchev–Trinajstić information content (AvgIpc) is 2.20. The normalized spacial score (nSPS) is 10.0. The molecule has 1 aromatic carbocycles. The first-order chi connectivity index (χ1) is 6.81. The van der Waals surface area contributed by atoms with Gasteiger partial charge >= 0.3 is 0 Å². The smallest absolute Gasteiger partial charge is 0.239 e. The van der Waals surface area contributed by atoms with E-state index in [-0.39, 0.29) is 0 Å². The number of nitrogens with zero attached hydrogens (tertiary/aromatic N) is 2. The van der Waals surface area contributed by atoms with E-state index in [1.807, 2.05) is 18.2 Å². The SMILES string of the molecule is [C-]#[N+]Cc1ccc2nccc(Cl)c2c1. The Balaban J connectivity index is 2.65. The fourth-order valence-electron chi connectivity index (χ4n) is 1.35. The molecule has 0 unspecified atom stereocenters. The van der Waals surface area contributed by atoms with E-state index in [9.17, 15) is 0 Å². The first kappa shape index (κ1) is 8.98. The van der Waals surface area contributed by atoms with E-state index in [4.69, 9.17) is 18.2 Å². The molecule has 0 saturated carbocycles. The lowest BCUT2D eigenvalue weighted by molar-refractivity contribution is 1.27. The maximum absolute atomic E-state index is 6.78. The van der Waals surface area contributed by atoms with E-state index < -0.39 is 0 Å². The molecule has 0 amide bonds. The topological polar surface area (TPSA) is 17.2 Å². The number of benzene rings is 1. The first-order valence-corrected chi connectivity index (χ1v) is 4.55. The number of aromatic nitrogens is 1. The summed E-state index contributed by atoms with van der Waals surface area (Å²) >= 11 is 6.01. The predicted octanol–water partition coefficient (Wildman–Crippen LogP) is 3.31. The van der Waals surface area contributed by atoms with Crippen LogP contribution in [-0.2, 0) is 6.54 Å². The number of fused-ring (bicyclic) bond motifs is 1. The van der Waals surface area contributed by atoms with Crippen molar-refractivity contribution in [3.8, 4) is 0 Å². The minimum Gasteiger partial charge on any atom is -0.312 e. The summed E-state index contributed by atoms with van der Waals surface area (Å²) in [5.74, 6) is 0. The highest BCUT2D eigenvalue weighted by Crippen LogP contribution is 2.22. The van der Waals surface area contributed by atoms with Crippen LogP contribution >= 0.6 is 11.6 Å². The van der Waals surface area contributed by atoms with Gasteiger partial charge in [-0.05, 0) is 24.3 Å². The monoisotopic (exact) mass is 202 g/mol. The van der Waals surface area contributed by atoms with Gasteiger partial charge in [0, 0.05) is 17.1 Å². The Hall–Kier alpha value is -1.59. The Morgan fingerprint density at radius 3 is 3.00 bits per heavy atom. The van der Waals surface area contributed by atoms with Crippen LogP contribution in [0.3, 0.4) is 0 Å². The molecule has 3 heteroatoms. The standard InChI is InChI=1S/C11H7ClN2/c1-13-7-8-2-3-11-9(6-8)10(12)4-5-14-11/h2-6H,7H2. The van der Waals surface area contributed by atoms with Crippen molar-refractivity contribution in [2.24, 2.45) is 0 Å². The lowest BCUT2D eigenvalue weighted by atomic mass is 10.1. The molecule has 0 fully saturated rings. The lowest BCUT2D eigenvalue weighted by Gasteiger charge is -1.99. The molecule has 0 aliphatic rings. The summed E-state index contributed by atoms with van der Waals surface area (Å²) in [5.41, 5.74) is 1.84. The van der Waals surface area contributed by atoms with Gasteiger partial charge in [0.2, 0.25) is 6.54 Å². The van der Waals surface area contributed by atoms with Crippen LogP contribution in [0.25, 0.3) is 15.7 Å². The van der Waals surface area contributed by atoms with E-state index in [1.165, 1.54) is 0 Å². The molecular weight excluding hydrogens is 196 g/mol. The van der Waals surface area contributed by atoms with Crippen LogP contribution in [0.1, 0.15) is 5.56 Å². The summed E-state index contributed by atoms with van der Waals surface area (Å²) in [6.07, 6.45) is 1.68. The fourth-order valence-corrected chi connectivity index (χ4v) is 1.56. The molecule has 0 bridgehead atoms. The van der Waals surface area contributed by atoms with Crippen LogP contribution in [0.4, 0.5) is 0 Å². The van der Waals surface area contributed by atoms with Gasteiger partial charge in [0.1, 0.15) is 0 Å². The number of hydrogen-bond donors (Lipinski definition) is 0. The van der Waals surface area contributed by atoms with Gasteiger partial charge in [-0.1, -0.05) is 11.6 Å². The third kappa shape index (κ3) is 1.55. The van der Waals surface area contributed by atoms with E-state index in [2.05, 4.69) is 9.83 Å². The van der Waals surface area contributed by atoms with Gasteiger partial charge in [-0.3, -0.25) is 4.98 Å². The minimum absolute atomic E-state index is 0.390. The van der Waals surface area contributed by atoms with Crippen molar-refractivity contribution in [1.29, 1.82) is 0 Å². The summed E-state index contributed by atoms with van der Waals surface area (Å²) in [5, 5.41) is 1.59. The van der Waals surface area contributed by atoms with E-state index in [0.717, 1.165) is 16.5 Å². The van der Waals surface area contributed by atoms with Crippen molar-refractivity contribution in [3.05, 3.63) is 52.5 Å². The second-order valence-electron chi connectivity index (χ2n) is 2.96. The molecule has 0 atom stereocenters. The molecule has 14 heavy (non-hydrogen) atoms. The van der Waals surface area contributed by atoms with Crippen molar-refractivity contribution in [3.63, 3.8) is 0 Å². The zero-order valence-corrected chi connectivity index (χ0v) is 8.12. The molecule has 0 aliphatic carbocycles. The van der Waals surface area contributed by atoms with Gasteiger partial charge in [0.25, 0.3) is 0 Å². The third-order valence-corrected chi connectivity index (χ3v) is 2.34. The molecule has 0 aliphatic heterocycles. The highest BCUT2D eigenvalue weighted by Gasteiger charge is 2.02.